The van der Waals surface area contributed by atoms with Crippen molar-refractivity contribution in [3.05, 3.63) is 81.6 Å². The van der Waals surface area contributed by atoms with Crippen LogP contribution in [-0.2, 0) is 84.0 Å². The molecule has 0 saturated carbocycles. The maximum Gasteiger partial charge on any atom is 0.335 e. The number of nitrogens with one attached hydrogen (secondary N) is 3. The van der Waals surface area contributed by atoms with Crippen molar-refractivity contribution >= 4 is 80.7 Å². The molecule has 0 spiro atoms. The van der Waals surface area contributed by atoms with Crippen LogP contribution in [0.3, 0.4) is 0 Å². The molecule has 1 aromatic heterocycles. The Labute approximate surface area is 467 Å². The van der Waals surface area contributed by atoms with E-state index < -0.39 is 40.6 Å². The summed E-state index contributed by atoms with van der Waals surface area (Å²) in [6, 6.07) is 5.20. The molecule has 4 aliphatic heterocycles. The highest BCUT2D eigenvalue weighted by Gasteiger charge is 2.47. The lowest BCUT2D eigenvalue weighted by Gasteiger charge is -2.30. The number of hydrogen-bond donors (Lipinski definition) is 4. The largest absolute Gasteiger partial charge is 0.385 e. The standard InChI is InChI=1S/C54H72BrN7O15S/c1-37-33-39(78-77-76-69)35-40-50(37)61-24-32-74-25-16-45(63)56-21-10-9-11-42(52(68)57-22-30-72-27-18-49(67)75-62-47(65)14-15-48(62)66)58-46(64)17-26-73-31-23-60-36-38(55)34-41-51(60)59-43(53(41,2)19-28-70-4)12-7-6-8-13-44(61)54(40,3)20-29-71-5/h6-8,12-13,33-36,42H,9-11,14-32H2,1-5H3,(H3-,56,57,58,63,64,68,69)/p+1. The fraction of sp³-hybridized carbons (Fsp3) is 0.556. The number of imide groups is 1. The highest BCUT2D eigenvalue weighted by atomic mass is 79.9. The van der Waals surface area contributed by atoms with Crippen molar-refractivity contribution in [3.8, 4) is 0 Å². The van der Waals surface area contributed by atoms with Crippen LogP contribution in [0.25, 0.3) is 0 Å². The van der Waals surface area contributed by atoms with E-state index in [4.69, 9.17) is 43.1 Å². The molecule has 24 heteroatoms. The average Bonchev–Trinajstić information content (AvgIpc) is 4.03. The lowest BCUT2D eigenvalue weighted by atomic mass is 9.77. The van der Waals surface area contributed by atoms with E-state index in [0.717, 1.165) is 61.0 Å². The fourth-order valence-electron chi connectivity index (χ4n) is 9.70. The summed E-state index contributed by atoms with van der Waals surface area (Å²) in [6.45, 7) is 9.51. The van der Waals surface area contributed by atoms with E-state index in [1.807, 2.05) is 54.1 Å². The van der Waals surface area contributed by atoms with Crippen LogP contribution in [0, 0.1) is 6.92 Å². The second kappa shape index (κ2) is 30.8. The van der Waals surface area contributed by atoms with Gasteiger partial charge in [0, 0.05) is 94.4 Å². The second-order valence-corrected chi connectivity index (χ2v) is 21.1. The number of hydrogen-bond acceptors (Lipinski definition) is 18. The Morgan fingerprint density at radius 2 is 1.63 bits per heavy atom. The topological polar surface area (TPSA) is 255 Å². The van der Waals surface area contributed by atoms with E-state index in [0.29, 0.717) is 70.2 Å². The van der Waals surface area contributed by atoms with Gasteiger partial charge in [-0.1, -0.05) is 23.3 Å². The van der Waals surface area contributed by atoms with E-state index in [-0.39, 0.29) is 89.9 Å². The van der Waals surface area contributed by atoms with Gasteiger partial charge in [0.1, 0.15) is 18.8 Å². The van der Waals surface area contributed by atoms with E-state index in [9.17, 15) is 28.8 Å². The molecular formula is C54H73BrN7O15S+. The van der Waals surface area contributed by atoms with Crippen LogP contribution < -0.4 is 25.4 Å². The molecule has 1 fully saturated rings. The SMILES string of the molecule is COCCC1(C)C2=C/C=C/C=CC3=Nc4c(cc(Br)c[n+]4CCOCCC(=O)NC(C(=O)NCCOCCC(=O)ON4C(=O)CCC4=O)CCCCNC(=O)CCOCCN2c2c(C)cc(SOOO)cc21)C3(C)CCOC. The molecule has 1 aromatic carbocycles. The Morgan fingerprint density at radius 1 is 0.897 bits per heavy atom. The van der Waals surface area contributed by atoms with Gasteiger partial charge >= 0.3 is 11.8 Å². The molecule has 1 saturated heterocycles. The van der Waals surface area contributed by atoms with Crippen LogP contribution in [0.15, 0.2) is 74.8 Å². The Bertz CT molecular complexity index is 2570. The third-order valence-electron chi connectivity index (χ3n) is 13.9. The van der Waals surface area contributed by atoms with Gasteiger partial charge in [-0.15, -0.1) is 9.40 Å². The Morgan fingerprint density at radius 3 is 2.37 bits per heavy atom. The van der Waals surface area contributed by atoms with Gasteiger partial charge < -0.3 is 49.4 Å². The van der Waals surface area contributed by atoms with Gasteiger partial charge in [0.2, 0.25) is 17.7 Å². The number of ether oxygens (including phenoxy) is 5. The van der Waals surface area contributed by atoms with Crippen molar-refractivity contribution in [2.24, 2.45) is 4.99 Å². The monoisotopic (exact) mass is 1170 g/mol. The lowest BCUT2D eigenvalue weighted by Crippen LogP contribution is -2.47. The molecule has 3 unspecified atom stereocenters. The van der Waals surface area contributed by atoms with Crippen LogP contribution in [0.4, 0.5) is 11.5 Å². The van der Waals surface area contributed by atoms with Crippen molar-refractivity contribution < 1.29 is 76.5 Å². The van der Waals surface area contributed by atoms with Crippen LogP contribution in [0.5, 0.6) is 0 Å². The number of methoxy groups -OCH3 is 2. The Balaban J connectivity index is 1.17. The number of carbonyl (C=O) groups is 6. The van der Waals surface area contributed by atoms with E-state index in [1.54, 1.807) is 14.2 Å². The summed E-state index contributed by atoms with van der Waals surface area (Å²) in [5, 5.41) is 21.9. The molecule has 2 aromatic rings. The molecule has 2 bridgehead atoms. The second-order valence-electron chi connectivity index (χ2n) is 19.4. The molecule has 78 heavy (non-hydrogen) atoms. The summed E-state index contributed by atoms with van der Waals surface area (Å²) in [6.07, 6.45) is 14.6. The zero-order valence-electron chi connectivity index (χ0n) is 45.1. The molecule has 4 N–H and O–H groups in total. The predicted molar refractivity (Wildman–Crippen MR) is 290 cm³/mol. The molecule has 5 heterocycles. The maximum absolute atomic E-state index is 13.5. The molecule has 4 aliphatic rings. The first-order valence-electron chi connectivity index (χ1n) is 26.2. The predicted octanol–water partition coefficient (Wildman–Crippen LogP) is 5.39. The number of pyridine rings is 1. The zero-order chi connectivity index (χ0) is 56.1. The van der Waals surface area contributed by atoms with Crippen molar-refractivity contribution in [2.75, 3.05) is 91.6 Å². The van der Waals surface area contributed by atoms with Gasteiger partial charge in [-0.25, -0.2) is 14.6 Å². The number of allylic oxidation sites excluding steroid dienone is 6. The molecule has 0 radical (unpaired) electrons. The number of halogens is 1. The number of anilines is 1. The van der Waals surface area contributed by atoms with Gasteiger partial charge in [0.05, 0.1) is 73.6 Å². The first kappa shape index (κ1) is 61.8. The normalized spacial score (nSPS) is 22.5. The molecule has 6 rings (SSSR count). The molecule has 426 valence electrons. The molecule has 0 aliphatic carbocycles. The number of amides is 5. The number of nitrogens with zero attached hydrogens (tertiary/aromatic N) is 4. The van der Waals surface area contributed by atoms with E-state index in [2.05, 4.69) is 67.8 Å². The van der Waals surface area contributed by atoms with Crippen molar-refractivity contribution in [3.63, 3.8) is 0 Å². The summed E-state index contributed by atoms with van der Waals surface area (Å²) >= 11 is 4.63. The Kier molecular flexibility index (Phi) is 24.4. The van der Waals surface area contributed by atoms with E-state index in [1.165, 1.54) is 0 Å². The minimum absolute atomic E-state index is 0.00281. The minimum Gasteiger partial charge on any atom is -0.385 e. The maximum atomic E-state index is 13.5. The van der Waals surface area contributed by atoms with E-state index >= 15 is 0 Å². The van der Waals surface area contributed by atoms with Crippen molar-refractivity contribution in [1.82, 2.24) is 21.0 Å². The molecule has 3 atom stereocenters. The quantitative estimate of drug-likeness (QED) is 0.0387. The molecular weight excluding hydrogens is 1100 g/mol. The summed E-state index contributed by atoms with van der Waals surface area (Å²) in [5.74, 6) is -2.17. The zero-order valence-corrected chi connectivity index (χ0v) is 47.5. The summed E-state index contributed by atoms with van der Waals surface area (Å²) in [7, 11) is 3.36. The van der Waals surface area contributed by atoms with Crippen molar-refractivity contribution in [2.45, 2.75) is 113 Å². The highest BCUT2D eigenvalue weighted by molar-refractivity contribution is 9.10. The van der Waals surface area contributed by atoms with Crippen LogP contribution in [-0.4, -0.2) is 144 Å². The Hall–Kier alpha value is -5.41. The highest BCUT2D eigenvalue weighted by Crippen LogP contribution is 2.52. The molecule has 22 nitrogen and oxygen atoms in total. The number of carbonyl (C=O) groups excluding carboxylic acids is 6. The third kappa shape index (κ3) is 16.8. The van der Waals surface area contributed by atoms with Gasteiger partial charge in [0.25, 0.3) is 11.8 Å². The summed E-state index contributed by atoms with van der Waals surface area (Å²) in [4.78, 5) is 88.4. The number of aliphatic imine (C=N–C) groups is 1. The van der Waals surface area contributed by atoms with Crippen LogP contribution >= 0.6 is 28.0 Å². The lowest BCUT2D eigenvalue weighted by molar-refractivity contribution is -0.686. The molecule has 5 amide bonds. The van der Waals surface area contributed by atoms with Crippen LogP contribution in [0.2, 0.25) is 0 Å². The van der Waals surface area contributed by atoms with Gasteiger partial charge in [-0.2, -0.15) is 0 Å². The van der Waals surface area contributed by atoms with Gasteiger partial charge in [0.15, 0.2) is 5.71 Å². The van der Waals surface area contributed by atoms with Gasteiger partial charge in [-0.05, 0) is 115 Å². The smallest absolute Gasteiger partial charge is 0.335 e. The van der Waals surface area contributed by atoms with Crippen LogP contribution in [0.1, 0.15) is 94.7 Å². The fourth-order valence-corrected chi connectivity index (χ4v) is 10.7. The first-order valence-corrected chi connectivity index (χ1v) is 27.7. The number of rotatable bonds is 17. The number of fused-ring (bicyclic) bond motifs is 3. The minimum atomic E-state index is -0.897. The first-order chi connectivity index (χ1) is 37.6. The number of hydroxylamine groups is 2. The number of aromatic nitrogens is 1. The number of benzene rings is 1. The summed E-state index contributed by atoms with van der Waals surface area (Å²) in [5.41, 5.74) is 4.93. The average molecular weight is 1170 g/mol. The van der Waals surface area contributed by atoms with Gasteiger partial charge in [-0.3, -0.25) is 24.0 Å². The third-order valence-corrected chi connectivity index (χ3v) is 14.9. The van der Waals surface area contributed by atoms with Crippen molar-refractivity contribution in [1.29, 1.82) is 0 Å². The summed E-state index contributed by atoms with van der Waals surface area (Å²) < 4.78 is 36.6. The number of aryl methyl sites for hydroxylation is 1.